The SMILES string of the molecule is C=C(CC)C(=O)c1ccc(OC(CCCC)C(=O)O)c(Cl)c1Cl. The molecule has 23 heavy (non-hydrogen) atoms. The standard InChI is InChI=1S/C17H20Cl2O4/c1-4-6-7-13(17(21)22)23-12-9-8-11(14(18)15(12)19)16(20)10(3)5-2/h8-9,13H,3-7H2,1-2H3,(H,21,22). The fourth-order valence-electron chi connectivity index (χ4n) is 1.92. The van der Waals surface area contributed by atoms with Crippen LogP contribution in [-0.2, 0) is 4.79 Å². The van der Waals surface area contributed by atoms with E-state index in [1.165, 1.54) is 12.1 Å². The minimum absolute atomic E-state index is 0.0316. The van der Waals surface area contributed by atoms with Gasteiger partial charge in [0.25, 0.3) is 0 Å². The van der Waals surface area contributed by atoms with Gasteiger partial charge in [0.15, 0.2) is 11.9 Å². The highest BCUT2D eigenvalue weighted by molar-refractivity contribution is 6.45. The summed E-state index contributed by atoms with van der Waals surface area (Å²) < 4.78 is 5.46. The van der Waals surface area contributed by atoms with Crippen molar-refractivity contribution < 1.29 is 19.4 Å². The molecule has 1 N–H and O–H groups in total. The Labute approximate surface area is 146 Å². The Kier molecular flexibility index (Phi) is 7.59. The number of rotatable bonds is 9. The molecule has 0 bridgehead atoms. The Morgan fingerprint density at radius 2 is 1.91 bits per heavy atom. The number of hydrogen-bond acceptors (Lipinski definition) is 3. The summed E-state index contributed by atoms with van der Waals surface area (Å²) in [5.41, 5.74) is 0.652. The van der Waals surface area contributed by atoms with Crippen LogP contribution in [0.4, 0.5) is 0 Å². The molecule has 1 unspecified atom stereocenters. The van der Waals surface area contributed by atoms with E-state index >= 15 is 0 Å². The maximum atomic E-state index is 12.2. The van der Waals surface area contributed by atoms with Gasteiger partial charge in [0, 0.05) is 5.56 Å². The van der Waals surface area contributed by atoms with Crippen LogP contribution in [0.15, 0.2) is 24.3 Å². The summed E-state index contributed by atoms with van der Waals surface area (Å²) in [5.74, 6) is -1.20. The highest BCUT2D eigenvalue weighted by Gasteiger charge is 2.23. The molecule has 0 aromatic heterocycles. The molecular weight excluding hydrogens is 339 g/mol. The number of unbranched alkanes of at least 4 members (excludes halogenated alkanes) is 1. The lowest BCUT2D eigenvalue weighted by molar-refractivity contribution is -0.145. The number of carboxylic acids is 1. The third-order valence-electron chi connectivity index (χ3n) is 3.40. The van der Waals surface area contributed by atoms with Gasteiger partial charge in [-0.25, -0.2) is 4.79 Å². The Morgan fingerprint density at radius 3 is 2.43 bits per heavy atom. The topological polar surface area (TPSA) is 63.6 Å². The van der Waals surface area contributed by atoms with Crippen LogP contribution in [0.1, 0.15) is 49.9 Å². The van der Waals surface area contributed by atoms with E-state index in [1.807, 2.05) is 13.8 Å². The predicted molar refractivity (Wildman–Crippen MR) is 91.8 cm³/mol. The number of ketones is 1. The number of carboxylic acid groups (broad SMARTS) is 1. The van der Waals surface area contributed by atoms with E-state index < -0.39 is 12.1 Å². The van der Waals surface area contributed by atoms with Crippen molar-refractivity contribution >= 4 is 35.0 Å². The van der Waals surface area contributed by atoms with Crippen LogP contribution in [0, 0.1) is 0 Å². The smallest absolute Gasteiger partial charge is 0.344 e. The van der Waals surface area contributed by atoms with E-state index in [0.29, 0.717) is 18.4 Å². The molecule has 1 aromatic carbocycles. The molecular formula is C17H20Cl2O4. The van der Waals surface area contributed by atoms with E-state index in [9.17, 15) is 14.7 Å². The van der Waals surface area contributed by atoms with E-state index in [2.05, 4.69) is 6.58 Å². The lowest BCUT2D eigenvalue weighted by atomic mass is 10.0. The van der Waals surface area contributed by atoms with Crippen molar-refractivity contribution in [2.45, 2.75) is 45.6 Å². The molecule has 0 aliphatic rings. The molecule has 0 spiro atoms. The Hall–Kier alpha value is -1.52. The van der Waals surface area contributed by atoms with Crippen molar-refractivity contribution in [2.24, 2.45) is 0 Å². The normalized spacial score (nSPS) is 11.8. The van der Waals surface area contributed by atoms with Gasteiger partial charge in [-0.2, -0.15) is 0 Å². The Balaban J connectivity index is 3.07. The van der Waals surface area contributed by atoms with Gasteiger partial charge < -0.3 is 9.84 Å². The van der Waals surface area contributed by atoms with Crippen LogP contribution in [0.25, 0.3) is 0 Å². The molecule has 1 atom stereocenters. The van der Waals surface area contributed by atoms with Crippen LogP contribution < -0.4 is 4.74 Å². The number of Topliss-reactive ketones (excluding diaryl/α,β-unsaturated/α-hetero) is 1. The molecule has 0 fully saturated rings. The Bertz CT molecular complexity index is 611. The number of carbonyl (C=O) groups excluding carboxylic acids is 1. The summed E-state index contributed by atoms with van der Waals surface area (Å²) in [5, 5.41) is 9.28. The molecule has 4 nitrogen and oxygen atoms in total. The number of halogens is 2. The average molecular weight is 359 g/mol. The summed E-state index contributed by atoms with van der Waals surface area (Å²) >= 11 is 12.3. The first-order valence-corrected chi connectivity index (χ1v) is 8.18. The third-order valence-corrected chi connectivity index (χ3v) is 4.27. The zero-order chi connectivity index (χ0) is 17.6. The second-order valence-electron chi connectivity index (χ2n) is 5.11. The van der Waals surface area contributed by atoms with Crippen molar-refractivity contribution in [2.75, 3.05) is 0 Å². The van der Waals surface area contributed by atoms with Gasteiger partial charge in [-0.05, 0) is 37.0 Å². The van der Waals surface area contributed by atoms with Crippen LogP contribution in [0.5, 0.6) is 5.75 Å². The summed E-state index contributed by atoms with van der Waals surface area (Å²) in [7, 11) is 0. The molecule has 1 aromatic rings. The van der Waals surface area contributed by atoms with Crippen molar-refractivity contribution in [3.8, 4) is 5.75 Å². The lowest BCUT2D eigenvalue weighted by Gasteiger charge is -2.17. The van der Waals surface area contributed by atoms with Gasteiger partial charge >= 0.3 is 5.97 Å². The summed E-state index contributed by atoms with van der Waals surface area (Å²) in [6, 6.07) is 2.94. The monoisotopic (exact) mass is 358 g/mol. The molecule has 0 saturated heterocycles. The summed E-state index contributed by atoms with van der Waals surface area (Å²) in [6.07, 6.45) is 1.44. The average Bonchev–Trinajstić information content (AvgIpc) is 2.53. The van der Waals surface area contributed by atoms with Gasteiger partial charge in [-0.1, -0.05) is 50.0 Å². The van der Waals surface area contributed by atoms with Crippen molar-refractivity contribution in [3.63, 3.8) is 0 Å². The number of hydrogen-bond donors (Lipinski definition) is 1. The third kappa shape index (κ3) is 4.98. The number of carbonyl (C=O) groups is 2. The van der Waals surface area contributed by atoms with Crippen molar-refractivity contribution in [3.05, 3.63) is 39.9 Å². The fraction of sp³-hybridized carbons (Fsp3) is 0.412. The lowest BCUT2D eigenvalue weighted by Crippen LogP contribution is -2.27. The van der Waals surface area contributed by atoms with Crippen molar-refractivity contribution in [1.82, 2.24) is 0 Å². The van der Waals surface area contributed by atoms with Crippen LogP contribution in [0.2, 0.25) is 10.0 Å². The van der Waals surface area contributed by atoms with E-state index in [4.69, 9.17) is 27.9 Å². The van der Waals surface area contributed by atoms with E-state index in [0.717, 1.165) is 12.8 Å². The Morgan fingerprint density at radius 1 is 1.26 bits per heavy atom. The molecule has 0 aliphatic heterocycles. The minimum Gasteiger partial charge on any atom is -0.479 e. The highest BCUT2D eigenvalue weighted by Crippen LogP contribution is 2.36. The summed E-state index contributed by atoms with van der Waals surface area (Å²) in [4.78, 5) is 23.4. The van der Waals surface area contributed by atoms with Gasteiger partial charge in [0.1, 0.15) is 10.8 Å². The number of ether oxygens (including phenoxy) is 1. The number of benzene rings is 1. The first-order valence-electron chi connectivity index (χ1n) is 7.43. The minimum atomic E-state index is -1.06. The van der Waals surface area contributed by atoms with Crippen LogP contribution in [0.3, 0.4) is 0 Å². The van der Waals surface area contributed by atoms with Crippen LogP contribution in [-0.4, -0.2) is 23.0 Å². The summed E-state index contributed by atoms with van der Waals surface area (Å²) in [6.45, 7) is 7.47. The molecule has 0 aliphatic carbocycles. The first kappa shape index (κ1) is 19.5. The molecule has 0 saturated carbocycles. The van der Waals surface area contributed by atoms with Gasteiger partial charge in [0.2, 0.25) is 0 Å². The second kappa shape index (κ2) is 8.94. The van der Waals surface area contributed by atoms with Crippen molar-refractivity contribution in [1.29, 1.82) is 0 Å². The van der Waals surface area contributed by atoms with Gasteiger partial charge in [-0.3, -0.25) is 4.79 Å². The maximum Gasteiger partial charge on any atom is 0.344 e. The predicted octanol–water partition coefficient (Wildman–Crippen LogP) is 5.16. The second-order valence-corrected chi connectivity index (χ2v) is 5.87. The quantitative estimate of drug-likeness (QED) is 0.488. The van der Waals surface area contributed by atoms with Gasteiger partial charge in [-0.15, -0.1) is 0 Å². The molecule has 6 heteroatoms. The van der Waals surface area contributed by atoms with Crippen LogP contribution >= 0.6 is 23.2 Å². The number of allylic oxidation sites excluding steroid dienone is 1. The zero-order valence-corrected chi connectivity index (χ0v) is 14.7. The fourth-order valence-corrected chi connectivity index (χ4v) is 2.38. The largest absolute Gasteiger partial charge is 0.479 e. The first-order chi connectivity index (χ1) is 10.8. The zero-order valence-electron chi connectivity index (χ0n) is 13.2. The van der Waals surface area contributed by atoms with E-state index in [-0.39, 0.29) is 27.1 Å². The highest BCUT2D eigenvalue weighted by atomic mass is 35.5. The molecule has 1 rings (SSSR count). The van der Waals surface area contributed by atoms with Gasteiger partial charge in [0.05, 0.1) is 5.02 Å². The maximum absolute atomic E-state index is 12.2. The molecule has 0 heterocycles. The molecule has 0 radical (unpaired) electrons. The number of aliphatic carboxylic acids is 1. The van der Waals surface area contributed by atoms with E-state index in [1.54, 1.807) is 0 Å². The molecule has 126 valence electrons. The molecule has 0 amide bonds.